The van der Waals surface area contributed by atoms with Crippen molar-refractivity contribution < 1.29 is 14.7 Å². The second kappa shape index (κ2) is 6.14. The van der Waals surface area contributed by atoms with E-state index in [0.29, 0.717) is 18.4 Å². The van der Waals surface area contributed by atoms with E-state index in [4.69, 9.17) is 0 Å². The van der Waals surface area contributed by atoms with Crippen molar-refractivity contribution in [1.82, 2.24) is 10.3 Å². The molecule has 1 rings (SSSR count). The van der Waals surface area contributed by atoms with Gasteiger partial charge in [-0.1, -0.05) is 13.8 Å². The van der Waals surface area contributed by atoms with Crippen LogP contribution in [0.1, 0.15) is 37.0 Å². The third-order valence-electron chi connectivity index (χ3n) is 3.32. The molecule has 0 aliphatic carbocycles. The van der Waals surface area contributed by atoms with E-state index < -0.39 is 11.4 Å². The van der Waals surface area contributed by atoms with Gasteiger partial charge in [0.1, 0.15) is 0 Å². The summed E-state index contributed by atoms with van der Waals surface area (Å²) in [5.41, 5.74) is -0.457. The van der Waals surface area contributed by atoms with Crippen LogP contribution in [0.4, 0.5) is 0 Å². The molecule has 0 saturated heterocycles. The summed E-state index contributed by atoms with van der Waals surface area (Å²) >= 11 is 0. The highest BCUT2D eigenvalue weighted by atomic mass is 16.4. The van der Waals surface area contributed by atoms with Gasteiger partial charge in [-0.3, -0.25) is 14.6 Å². The molecule has 98 valence electrons. The minimum absolute atomic E-state index is 0.128. The van der Waals surface area contributed by atoms with Gasteiger partial charge in [0.15, 0.2) is 0 Å². The predicted octanol–water partition coefficient (Wildman–Crippen LogP) is 1.70. The number of amides is 1. The van der Waals surface area contributed by atoms with E-state index in [-0.39, 0.29) is 12.5 Å². The van der Waals surface area contributed by atoms with Gasteiger partial charge in [-0.2, -0.15) is 0 Å². The zero-order valence-electron chi connectivity index (χ0n) is 10.6. The Morgan fingerprint density at radius 3 is 2.50 bits per heavy atom. The van der Waals surface area contributed by atoms with Crippen molar-refractivity contribution in [2.24, 2.45) is 5.41 Å². The SMILES string of the molecule is CCC(CC)(CNC(=O)c1cccnc1)C(=O)O. The fraction of sp³-hybridized carbons (Fsp3) is 0.462. The maximum absolute atomic E-state index is 11.8. The highest BCUT2D eigenvalue weighted by Crippen LogP contribution is 2.25. The molecule has 5 nitrogen and oxygen atoms in total. The molecule has 0 aromatic carbocycles. The van der Waals surface area contributed by atoms with E-state index in [1.54, 1.807) is 18.3 Å². The number of nitrogens with zero attached hydrogens (tertiary/aromatic N) is 1. The molecule has 0 spiro atoms. The number of carboxylic acids is 1. The molecular weight excluding hydrogens is 232 g/mol. The Balaban J connectivity index is 2.69. The lowest BCUT2D eigenvalue weighted by atomic mass is 9.82. The number of carboxylic acid groups (broad SMARTS) is 1. The molecule has 5 heteroatoms. The molecule has 0 atom stereocenters. The summed E-state index contributed by atoms with van der Waals surface area (Å²) in [4.78, 5) is 26.9. The van der Waals surface area contributed by atoms with Gasteiger partial charge >= 0.3 is 5.97 Å². The Labute approximate surface area is 106 Å². The Morgan fingerprint density at radius 2 is 2.06 bits per heavy atom. The standard InChI is InChI=1S/C13H18N2O3/c1-3-13(4-2,12(17)18)9-15-11(16)10-6-5-7-14-8-10/h5-8H,3-4,9H2,1-2H3,(H,15,16)(H,17,18). The lowest BCUT2D eigenvalue weighted by Crippen LogP contribution is -2.42. The number of rotatable bonds is 6. The summed E-state index contributed by atoms with van der Waals surface area (Å²) in [5.74, 6) is -1.17. The molecule has 0 aliphatic rings. The van der Waals surface area contributed by atoms with Gasteiger partial charge < -0.3 is 10.4 Å². The molecule has 18 heavy (non-hydrogen) atoms. The van der Waals surface area contributed by atoms with Crippen LogP contribution in [-0.4, -0.2) is 28.5 Å². The van der Waals surface area contributed by atoms with Gasteiger partial charge in [-0.25, -0.2) is 0 Å². The Morgan fingerprint density at radius 1 is 1.39 bits per heavy atom. The maximum atomic E-state index is 11.8. The van der Waals surface area contributed by atoms with Crippen molar-refractivity contribution in [2.45, 2.75) is 26.7 Å². The Kier molecular flexibility index (Phi) is 4.83. The van der Waals surface area contributed by atoms with E-state index >= 15 is 0 Å². The first kappa shape index (κ1) is 14.2. The van der Waals surface area contributed by atoms with E-state index in [1.807, 2.05) is 13.8 Å². The van der Waals surface area contributed by atoms with Gasteiger partial charge in [0.2, 0.25) is 0 Å². The molecular formula is C13H18N2O3. The van der Waals surface area contributed by atoms with E-state index in [2.05, 4.69) is 10.3 Å². The molecule has 1 amide bonds. The highest BCUT2D eigenvalue weighted by Gasteiger charge is 2.35. The predicted molar refractivity (Wildman–Crippen MR) is 67.2 cm³/mol. The van der Waals surface area contributed by atoms with Crippen molar-refractivity contribution in [2.75, 3.05) is 6.54 Å². The largest absolute Gasteiger partial charge is 0.481 e. The average Bonchev–Trinajstić information content (AvgIpc) is 2.41. The van der Waals surface area contributed by atoms with Crippen molar-refractivity contribution in [3.8, 4) is 0 Å². The van der Waals surface area contributed by atoms with Crippen LogP contribution >= 0.6 is 0 Å². The second-order valence-electron chi connectivity index (χ2n) is 4.22. The molecule has 0 aliphatic heterocycles. The molecule has 1 aromatic heterocycles. The van der Waals surface area contributed by atoms with Crippen LogP contribution in [0.3, 0.4) is 0 Å². The lowest BCUT2D eigenvalue weighted by Gasteiger charge is -2.26. The lowest BCUT2D eigenvalue weighted by molar-refractivity contribution is -0.149. The van der Waals surface area contributed by atoms with Crippen LogP contribution in [0.5, 0.6) is 0 Å². The number of pyridine rings is 1. The van der Waals surface area contributed by atoms with Crippen molar-refractivity contribution in [1.29, 1.82) is 0 Å². The summed E-state index contributed by atoms with van der Waals surface area (Å²) in [6, 6.07) is 3.31. The molecule has 2 N–H and O–H groups in total. The number of aliphatic carboxylic acids is 1. The number of hydrogen-bond acceptors (Lipinski definition) is 3. The number of carbonyl (C=O) groups excluding carboxylic acids is 1. The summed E-state index contributed by atoms with van der Waals surface area (Å²) in [6.07, 6.45) is 3.99. The van der Waals surface area contributed by atoms with E-state index in [0.717, 1.165) is 0 Å². The molecule has 0 bridgehead atoms. The van der Waals surface area contributed by atoms with Crippen molar-refractivity contribution >= 4 is 11.9 Å². The van der Waals surface area contributed by atoms with Crippen LogP contribution in [0.2, 0.25) is 0 Å². The van der Waals surface area contributed by atoms with Gasteiger partial charge in [0.05, 0.1) is 11.0 Å². The fourth-order valence-electron chi connectivity index (χ4n) is 1.73. The van der Waals surface area contributed by atoms with Crippen LogP contribution in [0.25, 0.3) is 0 Å². The summed E-state index contributed by atoms with van der Waals surface area (Å²) < 4.78 is 0. The van der Waals surface area contributed by atoms with Gasteiger partial charge in [-0.05, 0) is 25.0 Å². The maximum Gasteiger partial charge on any atom is 0.311 e. The Bertz CT molecular complexity index is 414. The quantitative estimate of drug-likeness (QED) is 0.805. The van der Waals surface area contributed by atoms with Crippen molar-refractivity contribution in [3.63, 3.8) is 0 Å². The molecule has 0 radical (unpaired) electrons. The topological polar surface area (TPSA) is 79.3 Å². The van der Waals surface area contributed by atoms with Gasteiger partial charge in [0.25, 0.3) is 5.91 Å². The number of aromatic nitrogens is 1. The summed E-state index contributed by atoms with van der Waals surface area (Å²) in [7, 11) is 0. The fourth-order valence-corrected chi connectivity index (χ4v) is 1.73. The molecule has 1 aromatic rings. The average molecular weight is 250 g/mol. The third-order valence-corrected chi connectivity index (χ3v) is 3.32. The number of hydrogen-bond donors (Lipinski definition) is 2. The summed E-state index contributed by atoms with van der Waals surface area (Å²) in [5, 5.41) is 11.9. The first-order valence-electron chi connectivity index (χ1n) is 5.97. The van der Waals surface area contributed by atoms with E-state index in [1.165, 1.54) is 6.20 Å². The molecule has 0 unspecified atom stereocenters. The van der Waals surface area contributed by atoms with Gasteiger partial charge in [0, 0.05) is 18.9 Å². The van der Waals surface area contributed by atoms with E-state index in [9.17, 15) is 14.7 Å². The molecule has 0 saturated carbocycles. The zero-order chi connectivity index (χ0) is 13.6. The molecule has 0 fully saturated rings. The highest BCUT2D eigenvalue weighted by molar-refractivity contribution is 5.94. The van der Waals surface area contributed by atoms with Crippen LogP contribution < -0.4 is 5.32 Å². The minimum Gasteiger partial charge on any atom is -0.481 e. The first-order valence-corrected chi connectivity index (χ1v) is 5.97. The van der Waals surface area contributed by atoms with Crippen LogP contribution in [-0.2, 0) is 4.79 Å². The van der Waals surface area contributed by atoms with Gasteiger partial charge in [-0.15, -0.1) is 0 Å². The Hall–Kier alpha value is -1.91. The third kappa shape index (κ3) is 3.06. The summed E-state index contributed by atoms with van der Waals surface area (Å²) in [6.45, 7) is 3.75. The normalized spacial score (nSPS) is 11.0. The molecule has 1 heterocycles. The monoisotopic (exact) mass is 250 g/mol. The number of nitrogens with one attached hydrogen (secondary N) is 1. The zero-order valence-corrected chi connectivity index (χ0v) is 10.6. The smallest absolute Gasteiger partial charge is 0.311 e. The van der Waals surface area contributed by atoms with Crippen LogP contribution in [0, 0.1) is 5.41 Å². The second-order valence-corrected chi connectivity index (χ2v) is 4.22. The van der Waals surface area contributed by atoms with Crippen molar-refractivity contribution in [3.05, 3.63) is 30.1 Å². The minimum atomic E-state index is -0.891. The number of carbonyl (C=O) groups is 2. The van der Waals surface area contributed by atoms with Crippen LogP contribution in [0.15, 0.2) is 24.5 Å². The first-order chi connectivity index (χ1) is 8.55.